The number of rotatable bonds is 5. The van der Waals surface area contributed by atoms with E-state index in [0.29, 0.717) is 17.4 Å². The Balaban J connectivity index is 1.93. The van der Waals surface area contributed by atoms with Crippen LogP contribution in [0.15, 0.2) is 54.7 Å². The second kappa shape index (κ2) is 6.73. The highest BCUT2D eigenvalue weighted by Gasteiger charge is 1.97. The maximum atomic E-state index is 10.2. The van der Waals surface area contributed by atoms with Crippen LogP contribution in [0.4, 0.5) is 0 Å². The third-order valence-electron chi connectivity index (χ3n) is 2.59. The highest BCUT2D eigenvalue weighted by atomic mass is 35.5. The maximum absolute atomic E-state index is 10.2. The number of benzene rings is 2. The summed E-state index contributed by atoms with van der Waals surface area (Å²) < 4.78 is 5.61. The smallest absolute Gasteiger partial charge is 0.235 e. The summed E-state index contributed by atoms with van der Waals surface area (Å²) in [5, 5.41) is 10.9. The van der Waals surface area contributed by atoms with Gasteiger partial charge in [-0.25, -0.2) is 0 Å². The second-order valence-electron chi connectivity index (χ2n) is 4.09. The van der Waals surface area contributed by atoms with Crippen molar-refractivity contribution < 1.29 is 9.66 Å². The van der Waals surface area contributed by atoms with E-state index in [1.54, 1.807) is 24.3 Å². The van der Waals surface area contributed by atoms with Crippen LogP contribution in [0, 0.1) is 10.1 Å². The monoisotopic (exact) mass is 289 g/mol. The lowest BCUT2D eigenvalue weighted by Gasteiger charge is -2.06. The van der Waals surface area contributed by atoms with E-state index in [0.717, 1.165) is 17.3 Å². The summed E-state index contributed by atoms with van der Waals surface area (Å²) in [5.74, 6) is 0.707. The molecular weight excluding hydrogens is 278 g/mol. The predicted molar refractivity (Wildman–Crippen MR) is 78.3 cm³/mol. The van der Waals surface area contributed by atoms with Crippen LogP contribution in [0.3, 0.4) is 0 Å². The molecule has 4 nitrogen and oxygen atoms in total. The average Bonchev–Trinajstić information content (AvgIpc) is 2.45. The Morgan fingerprint density at radius 3 is 2.35 bits per heavy atom. The number of nitro groups is 1. The van der Waals surface area contributed by atoms with Crippen LogP contribution in [0.5, 0.6) is 5.75 Å². The van der Waals surface area contributed by atoms with Crippen LogP contribution in [-0.4, -0.2) is 4.92 Å². The average molecular weight is 290 g/mol. The minimum Gasteiger partial charge on any atom is -0.489 e. The SMILES string of the molecule is O=[N+]([O-])/C=C/c1ccc(OCc2ccc(Cl)cc2)cc1. The first-order valence-electron chi connectivity index (χ1n) is 5.92. The van der Waals surface area contributed by atoms with Crippen LogP contribution >= 0.6 is 11.6 Å². The van der Waals surface area contributed by atoms with Gasteiger partial charge in [-0.2, -0.15) is 0 Å². The lowest BCUT2D eigenvalue weighted by Crippen LogP contribution is -1.94. The van der Waals surface area contributed by atoms with E-state index in [4.69, 9.17) is 16.3 Å². The van der Waals surface area contributed by atoms with Gasteiger partial charge in [0, 0.05) is 11.1 Å². The molecule has 0 aliphatic carbocycles. The molecule has 0 radical (unpaired) electrons. The van der Waals surface area contributed by atoms with Gasteiger partial charge in [-0.15, -0.1) is 0 Å². The highest BCUT2D eigenvalue weighted by molar-refractivity contribution is 6.30. The lowest BCUT2D eigenvalue weighted by molar-refractivity contribution is -0.400. The molecule has 0 atom stereocenters. The molecule has 0 N–H and O–H groups in total. The highest BCUT2D eigenvalue weighted by Crippen LogP contribution is 2.16. The Morgan fingerprint density at radius 1 is 1.10 bits per heavy atom. The Kier molecular flexibility index (Phi) is 4.74. The van der Waals surface area contributed by atoms with Crippen molar-refractivity contribution in [2.75, 3.05) is 0 Å². The van der Waals surface area contributed by atoms with Crippen LogP contribution in [0.25, 0.3) is 6.08 Å². The predicted octanol–water partition coefficient (Wildman–Crippen LogP) is 4.17. The molecule has 102 valence electrons. The molecule has 0 fully saturated rings. The first-order valence-corrected chi connectivity index (χ1v) is 6.30. The van der Waals surface area contributed by atoms with E-state index < -0.39 is 4.92 Å². The van der Waals surface area contributed by atoms with E-state index in [1.165, 1.54) is 6.08 Å². The molecule has 0 heterocycles. The van der Waals surface area contributed by atoms with Gasteiger partial charge in [0.2, 0.25) is 6.20 Å². The molecular formula is C15H12ClNO3. The molecule has 0 aromatic heterocycles. The van der Waals surface area contributed by atoms with E-state index in [2.05, 4.69) is 0 Å². The number of ether oxygens (including phenoxy) is 1. The van der Waals surface area contributed by atoms with Gasteiger partial charge in [0.05, 0.1) is 4.92 Å². The molecule has 0 saturated carbocycles. The summed E-state index contributed by atoms with van der Waals surface area (Å²) in [6.45, 7) is 0.446. The van der Waals surface area contributed by atoms with Gasteiger partial charge in [-0.3, -0.25) is 10.1 Å². The van der Waals surface area contributed by atoms with Gasteiger partial charge in [0.15, 0.2) is 0 Å². The van der Waals surface area contributed by atoms with Crippen LogP contribution in [-0.2, 0) is 6.61 Å². The molecule has 0 saturated heterocycles. The quantitative estimate of drug-likeness (QED) is 0.613. The lowest BCUT2D eigenvalue weighted by atomic mass is 10.2. The minimum absolute atomic E-state index is 0.446. The summed E-state index contributed by atoms with van der Waals surface area (Å²) in [5.41, 5.74) is 1.77. The van der Waals surface area contributed by atoms with Crippen molar-refractivity contribution in [3.63, 3.8) is 0 Å². The van der Waals surface area contributed by atoms with Crippen molar-refractivity contribution in [3.8, 4) is 5.75 Å². The first kappa shape index (κ1) is 14.1. The molecule has 0 aliphatic heterocycles. The Labute approximate surface area is 121 Å². The summed E-state index contributed by atoms with van der Waals surface area (Å²) in [6, 6.07) is 14.5. The van der Waals surface area contributed by atoms with Gasteiger partial charge in [-0.05, 0) is 35.4 Å². The van der Waals surface area contributed by atoms with E-state index in [9.17, 15) is 10.1 Å². The number of nitrogens with zero attached hydrogens (tertiary/aromatic N) is 1. The molecule has 2 aromatic carbocycles. The van der Waals surface area contributed by atoms with Gasteiger partial charge in [0.1, 0.15) is 12.4 Å². The van der Waals surface area contributed by atoms with Crippen molar-refractivity contribution in [2.45, 2.75) is 6.61 Å². The van der Waals surface area contributed by atoms with E-state index in [-0.39, 0.29) is 0 Å². The zero-order valence-corrected chi connectivity index (χ0v) is 11.3. The summed E-state index contributed by atoms with van der Waals surface area (Å²) in [7, 11) is 0. The zero-order chi connectivity index (χ0) is 14.4. The largest absolute Gasteiger partial charge is 0.489 e. The minimum atomic E-state index is -0.495. The van der Waals surface area contributed by atoms with Crippen molar-refractivity contribution in [1.29, 1.82) is 0 Å². The Bertz CT molecular complexity index is 606. The molecule has 0 aliphatic rings. The fourth-order valence-corrected chi connectivity index (χ4v) is 1.70. The molecule has 20 heavy (non-hydrogen) atoms. The van der Waals surface area contributed by atoms with Crippen molar-refractivity contribution >= 4 is 17.7 Å². The van der Waals surface area contributed by atoms with Crippen LogP contribution in [0.2, 0.25) is 5.02 Å². The molecule has 0 amide bonds. The first-order chi connectivity index (χ1) is 9.63. The number of hydrogen-bond donors (Lipinski definition) is 0. The third kappa shape index (κ3) is 4.40. The molecule has 2 aromatic rings. The molecule has 2 rings (SSSR count). The normalized spacial score (nSPS) is 10.7. The van der Waals surface area contributed by atoms with Crippen LogP contribution in [0.1, 0.15) is 11.1 Å². The summed E-state index contributed by atoms with van der Waals surface area (Å²) in [4.78, 5) is 9.71. The molecule has 0 unspecified atom stereocenters. The van der Waals surface area contributed by atoms with E-state index in [1.807, 2.05) is 24.3 Å². The van der Waals surface area contributed by atoms with Crippen LogP contribution < -0.4 is 4.74 Å². The van der Waals surface area contributed by atoms with Gasteiger partial charge < -0.3 is 4.74 Å². The van der Waals surface area contributed by atoms with Gasteiger partial charge in [-0.1, -0.05) is 35.9 Å². The summed E-state index contributed by atoms with van der Waals surface area (Å²) in [6.07, 6.45) is 2.34. The fourth-order valence-electron chi connectivity index (χ4n) is 1.57. The topological polar surface area (TPSA) is 52.4 Å². The van der Waals surface area contributed by atoms with Gasteiger partial charge in [0.25, 0.3) is 0 Å². The fraction of sp³-hybridized carbons (Fsp3) is 0.0667. The van der Waals surface area contributed by atoms with E-state index >= 15 is 0 Å². The van der Waals surface area contributed by atoms with Crippen molar-refractivity contribution in [1.82, 2.24) is 0 Å². The maximum Gasteiger partial charge on any atom is 0.235 e. The number of halogens is 1. The second-order valence-corrected chi connectivity index (χ2v) is 4.52. The molecule has 0 bridgehead atoms. The van der Waals surface area contributed by atoms with Crippen molar-refractivity contribution in [3.05, 3.63) is 81.0 Å². The van der Waals surface area contributed by atoms with Crippen molar-refractivity contribution in [2.24, 2.45) is 0 Å². The van der Waals surface area contributed by atoms with Gasteiger partial charge >= 0.3 is 0 Å². The standard InChI is InChI=1S/C15H12ClNO3/c16-14-5-1-13(2-6-14)11-20-15-7-3-12(4-8-15)9-10-17(18)19/h1-10H,11H2/b10-9+. The molecule has 5 heteroatoms. The number of hydrogen-bond acceptors (Lipinski definition) is 3. The zero-order valence-electron chi connectivity index (χ0n) is 10.5. The molecule has 0 spiro atoms. The Morgan fingerprint density at radius 2 is 1.75 bits per heavy atom. The third-order valence-corrected chi connectivity index (χ3v) is 2.84. The Hall–Kier alpha value is -2.33. The summed E-state index contributed by atoms with van der Waals surface area (Å²) >= 11 is 5.80.